The Kier molecular flexibility index (Phi) is 15.7. The zero-order valence-electron chi connectivity index (χ0n) is 45.5. The van der Waals surface area contributed by atoms with Gasteiger partial charge in [0.25, 0.3) is 11.1 Å². The lowest BCUT2D eigenvalue weighted by Gasteiger charge is -2.34. The SMILES string of the molecule is Cn1c(=O)c2c(nc(N3CCC[C@@H](NC(=O)OC(C)(C)C)C3)n2Cc2ccccc2Cl)c2ccc(C(N)=O)cc21.[C-]#[N+]c1ccc2c3nc(N4CCC[C@@H](NC(=O)OC(C)(C)C)C4)n(Cc4ccccc4Cl)c3c(=O)n(C)c2c1. The number of alkyl carbamates (subject to hydrolysis) is 2. The maximum absolute atomic E-state index is 13.8. The van der Waals surface area contributed by atoms with Crippen LogP contribution in [0.25, 0.3) is 48.7 Å². The number of hydrogen-bond donors (Lipinski definition) is 3. The molecule has 0 bridgehead atoms. The van der Waals surface area contributed by atoms with Gasteiger partial charge in [0.2, 0.25) is 17.8 Å². The van der Waals surface area contributed by atoms with Crippen LogP contribution in [0.3, 0.4) is 0 Å². The monoisotopic (exact) mass is 1110 g/mol. The molecular weight excluding hydrogens is 1050 g/mol. The van der Waals surface area contributed by atoms with E-state index in [-0.39, 0.29) is 23.2 Å². The van der Waals surface area contributed by atoms with Crippen LogP contribution in [0.5, 0.6) is 0 Å². The van der Waals surface area contributed by atoms with Crippen LogP contribution in [0.2, 0.25) is 10.0 Å². The summed E-state index contributed by atoms with van der Waals surface area (Å²) in [6, 6.07) is 25.1. The minimum atomic E-state index is -0.600. The normalized spacial score (nSPS) is 15.9. The van der Waals surface area contributed by atoms with Crippen molar-refractivity contribution in [3.05, 3.63) is 144 Å². The van der Waals surface area contributed by atoms with Gasteiger partial charge in [0.15, 0.2) is 5.69 Å². The molecule has 0 unspecified atom stereocenters. The van der Waals surface area contributed by atoms with Crippen LogP contribution < -0.4 is 37.3 Å². The number of benzene rings is 4. The van der Waals surface area contributed by atoms with E-state index in [0.717, 1.165) is 54.1 Å². The Hall–Kier alpha value is -8.08. The quantitative estimate of drug-likeness (QED) is 0.116. The molecule has 6 heterocycles. The molecule has 8 aromatic rings. The van der Waals surface area contributed by atoms with E-state index in [1.807, 2.05) is 105 Å². The number of nitrogens with two attached hydrogens (primary N) is 1. The van der Waals surface area contributed by atoms with Gasteiger partial charge in [-0.15, -0.1) is 0 Å². The van der Waals surface area contributed by atoms with E-state index in [9.17, 15) is 24.0 Å². The molecule has 0 saturated carbocycles. The molecule has 2 aliphatic rings. The molecule has 3 amide bonds. The van der Waals surface area contributed by atoms with Gasteiger partial charge in [0.05, 0.1) is 25.2 Å². The highest BCUT2D eigenvalue weighted by molar-refractivity contribution is 6.31. The summed E-state index contributed by atoms with van der Waals surface area (Å²) in [4.78, 5) is 82.2. The Balaban J connectivity index is 0.000000192. The minimum absolute atomic E-state index is 0.136. The molecule has 4 aromatic heterocycles. The number of ether oxygens (including phenoxy) is 2. The van der Waals surface area contributed by atoms with Crippen LogP contribution in [0.4, 0.5) is 27.2 Å². The number of nitrogens with zero attached hydrogens (tertiary/aromatic N) is 9. The fourth-order valence-corrected chi connectivity index (χ4v) is 10.7. The number of anilines is 2. The van der Waals surface area contributed by atoms with Crippen LogP contribution in [0.15, 0.2) is 94.5 Å². The van der Waals surface area contributed by atoms with Crippen molar-refractivity contribution in [3.63, 3.8) is 0 Å². The second-order valence-electron chi connectivity index (χ2n) is 22.1. The van der Waals surface area contributed by atoms with Crippen molar-refractivity contribution in [2.75, 3.05) is 36.0 Å². The van der Waals surface area contributed by atoms with Crippen molar-refractivity contribution in [3.8, 4) is 0 Å². The molecule has 0 spiro atoms. The average Bonchev–Trinajstić information content (AvgIpc) is 4.09. The number of rotatable bonds is 9. The lowest BCUT2D eigenvalue weighted by molar-refractivity contribution is 0.0488. The number of aromatic nitrogens is 6. The standard InChI is InChI=1S/C29H33ClN6O4.C29H31ClN6O3/c1-29(2,3)40-28(39)32-19-9-7-13-35(16-19)27-33-23-20-12-11-17(25(31)37)14-22(20)34(4)26(38)24(23)36(27)15-18-8-5-6-10-21(18)30;1-29(2,3)39-28(38)32-20-10-8-14-35(17-20)27-33-24-21-13-12-19(31-4)15-23(21)34(5)26(37)25(24)36(27)16-18-9-6-7-11-22(18)30/h5-6,8,10-12,14,19H,7,9,13,15-16H2,1-4H3,(H2,31,37)(H,32,39);6-7,9,11-13,15,20H,8,10,14,16-17H2,1-3,5H3,(H,32,38)/t19-;20-/m11/s1. The molecule has 19 nitrogen and oxygen atoms in total. The lowest BCUT2D eigenvalue weighted by Crippen LogP contribution is -2.49. The number of pyridine rings is 2. The summed E-state index contributed by atoms with van der Waals surface area (Å²) in [5.74, 6) is 0.671. The number of imidazole rings is 2. The second-order valence-corrected chi connectivity index (χ2v) is 22.9. The highest BCUT2D eigenvalue weighted by Crippen LogP contribution is 2.34. The fraction of sp³-hybridized carbons (Fsp3) is 0.379. The summed E-state index contributed by atoms with van der Waals surface area (Å²) in [7, 11) is 3.38. The molecule has 4 N–H and O–H groups in total. The van der Waals surface area contributed by atoms with Crippen LogP contribution >= 0.6 is 23.2 Å². The minimum Gasteiger partial charge on any atom is -0.444 e. The van der Waals surface area contributed by atoms with Crippen molar-refractivity contribution in [1.82, 2.24) is 38.9 Å². The summed E-state index contributed by atoms with van der Waals surface area (Å²) >= 11 is 13.1. The van der Waals surface area contributed by atoms with E-state index >= 15 is 0 Å². The van der Waals surface area contributed by atoms with Gasteiger partial charge >= 0.3 is 12.2 Å². The van der Waals surface area contributed by atoms with Gasteiger partial charge in [-0.2, -0.15) is 0 Å². The average molecular weight is 1110 g/mol. The summed E-state index contributed by atoms with van der Waals surface area (Å²) in [5.41, 5.74) is 9.56. The second kappa shape index (κ2) is 22.3. The number of fused-ring (bicyclic) bond motifs is 6. The third kappa shape index (κ3) is 12.0. The predicted octanol–water partition coefficient (Wildman–Crippen LogP) is 9.82. The van der Waals surface area contributed by atoms with E-state index in [0.29, 0.717) is 99.0 Å². The Morgan fingerprint density at radius 1 is 0.671 bits per heavy atom. The molecular formula is C58H64Cl2N12O7. The Morgan fingerprint density at radius 2 is 1.10 bits per heavy atom. The highest BCUT2D eigenvalue weighted by Gasteiger charge is 2.32. The molecule has 0 aliphatic carbocycles. The van der Waals surface area contributed by atoms with E-state index < -0.39 is 29.3 Å². The van der Waals surface area contributed by atoms with Crippen molar-refractivity contribution in [2.24, 2.45) is 19.8 Å². The summed E-state index contributed by atoms with van der Waals surface area (Å²) in [6.07, 6.45) is 2.34. The first-order chi connectivity index (χ1) is 37.5. The van der Waals surface area contributed by atoms with Gasteiger partial charge in [-0.05, 0) is 115 Å². The predicted molar refractivity (Wildman–Crippen MR) is 310 cm³/mol. The summed E-state index contributed by atoms with van der Waals surface area (Å²) in [6.45, 7) is 21.5. The Morgan fingerprint density at radius 3 is 1.52 bits per heavy atom. The largest absolute Gasteiger partial charge is 0.444 e. The fourth-order valence-electron chi connectivity index (χ4n) is 10.3. The van der Waals surface area contributed by atoms with Crippen LogP contribution in [0, 0.1) is 6.57 Å². The molecule has 2 fully saturated rings. The number of halogens is 2. The number of nitrogens with one attached hydrogen (secondary N) is 2. The number of primary amides is 1. The van der Waals surface area contributed by atoms with Gasteiger partial charge in [0, 0.05) is 84.3 Å². The third-order valence-electron chi connectivity index (χ3n) is 14.0. The van der Waals surface area contributed by atoms with Crippen LogP contribution in [-0.2, 0) is 36.7 Å². The third-order valence-corrected chi connectivity index (χ3v) is 14.7. The molecule has 79 heavy (non-hydrogen) atoms. The van der Waals surface area contributed by atoms with Crippen molar-refractivity contribution in [1.29, 1.82) is 0 Å². The van der Waals surface area contributed by atoms with Crippen molar-refractivity contribution < 1.29 is 23.9 Å². The van der Waals surface area contributed by atoms with Crippen molar-refractivity contribution >= 4 is 103 Å². The first-order valence-electron chi connectivity index (χ1n) is 26.2. The lowest BCUT2D eigenvalue weighted by atomic mass is 10.1. The Labute approximate surface area is 466 Å². The van der Waals surface area contributed by atoms with E-state index in [2.05, 4.69) is 25.3 Å². The van der Waals surface area contributed by atoms with Crippen molar-refractivity contribution in [2.45, 2.75) is 104 Å². The highest BCUT2D eigenvalue weighted by atomic mass is 35.5. The van der Waals surface area contributed by atoms with Gasteiger partial charge < -0.3 is 53.9 Å². The zero-order valence-corrected chi connectivity index (χ0v) is 47.0. The number of carbonyl (C=O) groups is 3. The molecule has 10 rings (SSSR count). The number of aryl methyl sites for hydroxylation is 2. The number of piperidine rings is 2. The molecule has 2 aliphatic heterocycles. The number of hydrogen-bond acceptors (Lipinski definition) is 11. The molecule has 2 atom stereocenters. The number of amides is 3. The maximum atomic E-state index is 13.8. The molecule has 21 heteroatoms. The van der Waals surface area contributed by atoms with Crippen LogP contribution in [0.1, 0.15) is 88.7 Å². The number of carbonyl (C=O) groups excluding carboxylic acids is 3. The molecule has 0 radical (unpaired) electrons. The summed E-state index contributed by atoms with van der Waals surface area (Å²) < 4.78 is 17.9. The van der Waals surface area contributed by atoms with E-state index in [4.69, 9.17) is 54.9 Å². The van der Waals surface area contributed by atoms with E-state index in [1.165, 1.54) is 4.57 Å². The molecule has 4 aromatic carbocycles. The first kappa shape index (κ1) is 55.7. The van der Waals surface area contributed by atoms with Gasteiger partial charge in [-0.1, -0.05) is 71.7 Å². The van der Waals surface area contributed by atoms with E-state index in [1.54, 1.807) is 49.0 Å². The maximum Gasteiger partial charge on any atom is 0.407 e. The topological polar surface area (TPSA) is 210 Å². The Bertz CT molecular complexity index is 3860. The molecule has 2 saturated heterocycles. The van der Waals surface area contributed by atoms with Crippen LogP contribution in [-0.4, -0.2) is 95.8 Å². The molecule has 412 valence electrons. The summed E-state index contributed by atoms with van der Waals surface area (Å²) in [5, 5.41) is 8.68. The van der Waals surface area contributed by atoms with Gasteiger partial charge in [0.1, 0.15) is 33.3 Å². The zero-order chi connectivity index (χ0) is 56.7. The van der Waals surface area contributed by atoms with Gasteiger partial charge in [-0.25, -0.2) is 24.4 Å². The van der Waals surface area contributed by atoms with Gasteiger partial charge in [-0.3, -0.25) is 14.4 Å². The first-order valence-corrected chi connectivity index (χ1v) is 26.9. The smallest absolute Gasteiger partial charge is 0.407 e.